The summed E-state index contributed by atoms with van der Waals surface area (Å²) in [5, 5.41) is 10.7. The first-order valence-corrected chi connectivity index (χ1v) is 8.02. The summed E-state index contributed by atoms with van der Waals surface area (Å²) < 4.78 is 14.6. The molecule has 4 rings (SSSR count). The minimum Gasteiger partial charge on any atom is -0.345 e. The number of hydrogen-bond acceptors (Lipinski definition) is 4. The first-order valence-electron chi connectivity index (χ1n) is 8.02. The van der Waals surface area contributed by atoms with Crippen molar-refractivity contribution >= 4 is 22.6 Å². The first-order chi connectivity index (χ1) is 12.6. The van der Waals surface area contributed by atoms with E-state index in [4.69, 9.17) is 0 Å². The van der Waals surface area contributed by atoms with Gasteiger partial charge in [0.25, 0.3) is 5.91 Å². The zero-order valence-electron chi connectivity index (χ0n) is 13.8. The molecule has 2 aromatic heterocycles. The maximum absolute atomic E-state index is 13.1. The molecule has 0 aliphatic rings. The van der Waals surface area contributed by atoms with Crippen LogP contribution in [-0.4, -0.2) is 30.9 Å². The van der Waals surface area contributed by atoms with Crippen molar-refractivity contribution in [2.45, 2.75) is 13.0 Å². The van der Waals surface area contributed by atoms with Crippen molar-refractivity contribution < 1.29 is 9.18 Å². The number of nitrogens with one attached hydrogen (secondary N) is 2. The zero-order valence-corrected chi connectivity index (χ0v) is 13.8. The van der Waals surface area contributed by atoms with E-state index in [1.807, 2.05) is 13.0 Å². The molecule has 2 heterocycles. The average molecular weight is 350 g/mol. The van der Waals surface area contributed by atoms with Crippen LogP contribution in [0, 0.1) is 5.82 Å². The van der Waals surface area contributed by atoms with Crippen LogP contribution in [0.1, 0.15) is 29.0 Å². The lowest BCUT2D eigenvalue weighted by atomic mass is 10.1. The van der Waals surface area contributed by atoms with Crippen LogP contribution in [-0.2, 0) is 0 Å². The highest BCUT2D eigenvalue weighted by atomic mass is 19.1. The van der Waals surface area contributed by atoms with E-state index in [-0.39, 0.29) is 23.5 Å². The topological polar surface area (TPSA) is 88.5 Å². The van der Waals surface area contributed by atoms with E-state index in [0.29, 0.717) is 5.69 Å². The molecule has 2 aromatic carbocycles. The highest BCUT2D eigenvalue weighted by Gasteiger charge is 2.15. The molecule has 1 unspecified atom stereocenters. The van der Waals surface area contributed by atoms with Crippen LogP contribution in [0.15, 0.2) is 55.0 Å². The molecule has 1 atom stereocenters. The Balaban J connectivity index is 1.51. The number of anilines is 1. The van der Waals surface area contributed by atoms with Gasteiger partial charge < -0.3 is 10.3 Å². The highest BCUT2D eigenvalue weighted by molar-refractivity contribution is 6.03. The second kappa shape index (κ2) is 6.40. The van der Waals surface area contributed by atoms with Crippen molar-refractivity contribution in [1.29, 1.82) is 0 Å². The zero-order chi connectivity index (χ0) is 18.1. The number of benzene rings is 2. The molecule has 4 aromatic rings. The van der Waals surface area contributed by atoms with Crippen molar-refractivity contribution in [3.05, 3.63) is 72.1 Å². The molecule has 8 heteroatoms. The lowest BCUT2D eigenvalue weighted by molar-refractivity contribution is 0.102. The quantitative estimate of drug-likeness (QED) is 0.592. The third-order valence-electron chi connectivity index (χ3n) is 4.17. The normalized spacial score (nSPS) is 12.2. The second-order valence-electron chi connectivity index (χ2n) is 5.90. The molecule has 0 aliphatic heterocycles. The van der Waals surface area contributed by atoms with Crippen molar-refractivity contribution in [3.63, 3.8) is 0 Å². The molecule has 0 fully saturated rings. The molecular formula is C18H15FN6O. The fourth-order valence-corrected chi connectivity index (χ4v) is 2.67. The van der Waals surface area contributed by atoms with Gasteiger partial charge in [-0.05, 0) is 42.8 Å². The van der Waals surface area contributed by atoms with Crippen LogP contribution >= 0.6 is 0 Å². The Morgan fingerprint density at radius 3 is 2.85 bits per heavy atom. The van der Waals surface area contributed by atoms with Gasteiger partial charge in [-0.2, -0.15) is 0 Å². The Labute approximate surface area is 147 Å². The standard InChI is InChI=1S/C18H15FN6O/c1-11(12-2-4-13(19)5-3-12)25-9-17(23-24-25)18(26)22-14-6-7-15-16(8-14)21-10-20-15/h2-11H,1H3,(H,20,21)(H,22,26). The number of imidazole rings is 1. The molecular weight excluding hydrogens is 335 g/mol. The Kier molecular flexibility index (Phi) is 3.92. The number of H-pyrrole nitrogens is 1. The smallest absolute Gasteiger partial charge is 0.277 e. The summed E-state index contributed by atoms with van der Waals surface area (Å²) in [5.74, 6) is -0.657. The lowest BCUT2D eigenvalue weighted by Crippen LogP contribution is -2.12. The van der Waals surface area contributed by atoms with E-state index in [1.165, 1.54) is 12.1 Å². The molecule has 0 saturated heterocycles. The number of carbonyl (C=O) groups is 1. The largest absolute Gasteiger partial charge is 0.345 e. The molecule has 1 amide bonds. The maximum atomic E-state index is 13.1. The van der Waals surface area contributed by atoms with E-state index < -0.39 is 0 Å². The third-order valence-corrected chi connectivity index (χ3v) is 4.17. The molecule has 0 saturated carbocycles. The van der Waals surface area contributed by atoms with Crippen LogP contribution in [0.3, 0.4) is 0 Å². The predicted octanol–water partition coefficient (Wildman–Crippen LogP) is 3.16. The summed E-state index contributed by atoms with van der Waals surface area (Å²) in [5.41, 5.74) is 3.35. The van der Waals surface area contributed by atoms with Gasteiger partial charge in [-0.1, -0.05) is 17.3 Å². The second-order valence-corrected chi connectivity index (χ2v) is 5.90. The fraction of sp³-hybridized carbons (Fsp3) is 0.111. The maximum Gasteiger partial charge on any atom is 0.277 e. The first kappa shape index (κ1) is 15.9. The minimum atomic E-state index is -0.360. The van der Waals surface area contributed by atoms with Crippen molar-refractivity contribution in [3.8, 4) is 0 Å². The van der Waals surface area contributed by atoms with Gasteiger partial charge in [0, 0.05) is 5.69 Å². The van der Waals surface area contributed by atoms with E-state index >= 15 is 0 Å². The van der Waals surface area contributed by atoms with Crippen LogP contribution in [0.25, 0.3) is 11.0 Å². The molecule has 26 heavy (non-hydrogen) atoms. The third kappa shape index (κ3) is 3.04. The van der Waals surface area contributed by atoms with Gasteiger partial charge in [0.05, 0.1) is 29.6 Å². The monoisotopic (exact) mass is 350 g/mol. The van der Waals surface area contributed by atoms with Gasteiger partial charge >= 0.3 is 0 Å². The molecule has 0 spiro atoms. The number of carbonyl (C=O) groups excluding carboxylic acids is 1. The number of fused-ring (bicyclic) bond motifs is 1. The number of aromatic amines is 1. The van der Waals surface area contributed by atoms with Gasteiger partial charge in [0.1, 0.15) is 5.82 Å². The molecule has 130 valence electrons. The van der Waals surface area contributed by atoms with Crippen molar-refractivity contribution in [2.24, 2.45) is 0 Å². The van der Waals surface area contributed by atoms with Gasteiger partial charge in [-0.15, -0.1) is 5.10 Å². The Hall–Kier alpha value is -3.55. The number of hydrogen-bond donors (Lipinski definition) is 2. The van der Waals surface area contributed by atoms with E-state index in [1.54, 1.807) is 41.5 Å². The summed E-state index contributed by atoms with van der Waals surface area (Å²) in [6.07, 6.45) is 3.16. The number of rotatable bonds is 4. The number of aromatic nitrogens is 5. The SMILES string of the molecule is CC(c1ccc(F)cc1)n1cc(C(=O)Nc2ccc3nc[nH]c3c2)nn1. The van der Waals surface area contributed by atoms with Crippen LogP contribution in [0.2, 0.25) is 0 Å². The summed E-state index contributed by atoms with van der Waals surface area (Å²) in [6.45, 7) is 1.90. The predicted molar refractivity (Wildman–Crippen MR) is 94.3 cm³/mol. The Bertz CT molecular complexity index is 1070. The highest BCUT2D eigenvalue weighted by Crippen LogP contribution is 2.19. The molecule has 0 radical (unpaired) electrons. The Morgan fingerprint density at radius 2 is 2.04 bits per heavy atom. The van der Waals surface area contributed by atoms with Crippen LogP contribution in [0.5, 0.6) is 0 Å². The molecule has 7 nitrogen and oxygen atoms in total. The van der Waals surface area contributed by atoms with E-state index in [0.717, 1.165) is 16.6 Å². The summed E-state index contributed by atoms with van der Waals surface area (Å²) in [7, 11) is 0. The van der Waals surface area contributed by atoms with Crippen LogP contribution in [0.4, 0.5) is 10.1 Å². The van der Waals surface area contributed by atoms with E-state index in [9.17, 15) is 9.18 Å². The van der Waals surface area contributed by atoms with Gasteiger partial charge in [0.15, 0.2) is 5.69 Å². The van der Waals surface area contributed by atoms with Crippen molar-refractivity contribution in [1.82, 2.24) is 25.0 Å². The Morgan fingerprint density at radius 1 is 1.23 bits per heavy atom. The summed E-state index contributed by atoms with van der Waals surface area (Å²) in [4.78, 5) is 19.5. The molecule has 0 aliphatic carbocycles. The summed E-state index contributed by atoms with van der Waals surface area (Å²) >= 11 is 0. The molecule has 2 N–H and O–H groups in total. The summed E-state index contributed by atoms with van der Waals surface area (Å²) in [6, 6.07) is 11.4. The minimum absolute atomic E-state index is 0.175. The molecule has 0 bridgehead atoms. The van der Waals surface area contributed by atoms with E-state index in [2.05, 4.69) is 25.6 Å². The number of amides is 1. The van der Waals surface area contributed by atoms with Crippen molar-refractivity contribution in [2.75, 3.05) is 5.32 Å². The van der Waals surface area contributed by atoms with Gasteiger partial charge in [-0.25, -0.2) is 14.1 Å². The lowest BCUT2D eigenvalue weighted by Gasteiger charge is -2.11. The number of nitrogens with zero attached hydrogens (tertiary/aromatic N) is 4. The van der Waals surface area contributed by atoms with Crippen LogP contribution < -0.4 is 5.32 Å². The average Bonchev–Trinajstić information content (AvgIpc) is 3.31. The van der Waals surface area contributed by atoms with Gasteiger partial charge in [0.2, 0.25) is 0 Å². The number of halogens is 1. The van der Waals surface area contributed by atoms with Gasteiger partial charge in [-0.3, -0.25) is 4.79 Å². The fourth-order valence-electron chi connectivity index (χ4n) is 2.67.